The number of phenolic OH excluding ortho intramolecular Hbond substituents is 1. The Morgan fingerprint density at radius 1 is 1.38 bits per heavy atom. The van der Waals surface area contributed by atoms with Gasteiger partial charge in [-0.2, -0.15) is 0 Å². The van der Waals surface area contributed by atoms with Gasteiger partial charge >= 0.3 is 6.36 Å². The summed E-state index contributed by atoms with van der Waals surface area (Å²) in [6.45, 7) is 0. The zero-order valence-corrected chi connectivity index (χ0v) is 7.71. The lowest BCUT2D eigenvalue weighted by molar-refractivity contribution is -0.274. The zero-order valence-electron chi connectivity index (χ0n) is 7.71. The zero-order chi connectivity index (χ0) is 12.2. The fourth-order valence-corrected chi connectivity index (χ4v) is 0.937. The van der Waals surface area contributed by atoms with Crippen LogP contribution in [0.4, 0.5) is 13.2 Å². The first-order valence-electron chi connectivity index (χ1n) is 3.96. The smallest absolute Gasteiger partial charge is 0.508 e. The van der Waals surface area contributed by atoms with E-state index in [4.69, 9.17) is 5.11 Å². The summed E-state index contributed by atoms with van der Waals surface area (Å²) in [5, 5.41) is 9.04. The van der Waals surface area contributed by atoms with Gasteiger partial charge in [-0.3, -0.25) is 4.79 Å². The van der Waals surface area contributed by atoms with Crippen molar-refractivity contribution >= 4 is 6.29 Å². The maximum atomic E-state index is 11.9. The minimum absolute atomic E-state index is 0.218. The van der Waals surface area contributed by atoms with Gasteiger partial charge in [-0.1, -0.05) is 5.92 Å². The SMILES string of the molecule is O=CC#Cc1cc(O)ccc1OC(F)(F)F. The van der Waals surface area contributed by atoms with Crippen LogP contribution in [0.15, 0.2) is 18.2 Å². The van der Waals surface area contributed by atoms with Crippen molar-refractivity contribution in [2.45, 2.75) is 6.36 Å². The number of aromatic hydroxyl groups is 1. The first-order chi connectivity index (χ1) is 7.42. The van der Waals surface area contributed by atoms with E-state index < -0.39 is 12.1 Å². The predicted octanol–water partition coefficient (Wildman–Crippen LogP) is 1.84. The highest BCUT2D eigenvalue weighted by Crippen LogP contribution is 2.28. The normalized spacial score (nSPS) is 10.2. The highest BCUT2D eigenvalue weighted by molar-refractivity contribution is 5.74. The summed E-state index contributed by atoms with van der Waals surface area (Å²) in [6.07, 6.45) is -4.63. The lowest BCUT2D eigenvalue weighted by Gasteiger charge is -2.10. The summed E-state index contributed by atoms with van der Waals surface area (Å²) in [4.78, 5) is 9.96. The highest BCUT2D eigenvalue weighted by atomic mass is 19.4. The standard InChI is InChI=1S/C10H5F3O3/c11-10(12,13)16-9-4-3-8(15)6-7(9)2-1-5-14/h3-6,15H. The van der Waals surface area contributed by atoms with Crippen molar-refractivity contribution in [3.8, 4) is 23.3 Å². The number of carbonyl (C=O) groups excluding carboxylic acids is 1. The van der Waals surface area contributed by atoms with Gasteiger partial charge < -0.3 is 9.84 Å². The summed E-state index contributed by atoms with van der Waals surface area (Å²) in [6, 6.07) is 2.91. The fraction of sp³-hybridized carbons (Fsp3) is 0.100. The van der Waals surface area contributed by atoms with Crippen molar-refractivity contribution in [1.82, 2.24) is 0 Å². The molecule has 0 radical (unpaired) electrons. The summed E-state index contributed by atoms with van der Waals surface area (Å²) in [7, 11) is 0. The summed E-state index contributed by atoms with van der Waals surface area (Å²) in [5.74, 6) is 3.21. The molecule has 0 bridgehead atoms. The Morgan fingerprint density at radius 3 is 2.62 bits per heavy atom. The summed E-state index contributed by atoms with van der Waals surface area (Å²) in [5.41, 5.74) is -0.218. The van der Waals surface area contributed by atoms with Crippen LogP contribution in [0, 0.1) is 11.8 Å². The largest absolute Gasteiger partial charge is 0.573 e. The molecule has 0 spiro atoms. The quantitative estimate of drug-likeness (QED) is 0.591. The van der Waals surface area contributed by atoms with Crippen molar-refractivity contribution in [3.05, 3.63) is 23.8 Å². The molecule has 0 aromatic heterocycles. The van der Waals surface area contributed by atoms with Crippen molar-refractivity contribution in [3.63, 3.8) is 0 Å². The van der Waals surface area contributed by atoms with E-state index in [9.17, 15) is 18.0 Å². The molecule has 1 aromatic carbocycles. The molecule has 1 rings (SSSR count). The Kier molecular flexibility index (Phi) is 3.40. The molecule has 1 aromatic rings. The molecule has 6 heteroatoms. The van der Waals surface area contributed by atoms with Crippen molar-refractivity contribution in [2.24, 2.45) is 0 Å². The van der Waals surface area contributed by atoms with Crippen LogP contribution in [0.2, 0.25) is 0 Å². The number of aldehydes is 1. The van der Waals surface area contributed by atoms with Crippen LogP contribution >= 0.6 is 0 Å². The van der Waals surface area contributed by atoms with Crippen LogP contribution in [0.5, 0.6) is 11.5 Å². The topological polar surface area (TPSA) is 46.5 Å². The Balaban J connectivity index is 3.12. The average Bonchev–Trinajstić information content (AvgIpc) is 2.16. The molecule has 0 heterocycles. The molecule has 0 amide bonds. The van der Waals surface area contributed by atoms with Crippen LogP contribution in [0.3, 0.4) is 0 Å². The number of ether oxygens (including phenoxy) is 1. The van der Waals surface area contributed by atoms with Gasteiger partial charge in [0.1, 0.15) is 11.5 Å². The molecule has 0 aliphatic rings. The molecule has 0 aliphatic heterocycles. The molecule has 16 heavy (non-hydrogen) atoms. The molecule has 0 fully saturated rings. The highest BCUT2D eigenvalue weighted by Gasteiger charge is 2.32. The third kappa shape index (κ3) is 3.53. The molecule has 84 valence electrons. The van der Waals surface area contributed by atoms with Crippen LogP contribution < -0.4 is 4.74 Å². The van der Waals surface area contributed by atoms with Gasteiger partial charge in [-0.05, 0) is 24.1 Å². The number of hydrogen-bond acceptors (Lipinski definition) is 3. The number of phenols is 1. The van der Waals surface area contributed by atoms with E-state index in [0.29, 0.717) is 0 Å². The number of carbonyl (C=O) groups is 1. The Hall–Kier alpha value is -2.16. The predicted molar refractivity (Wildman–Crippen MR) is 47.7 cm³/mol. The first-order valence-corrected chi connectivity index (χ1v) is 3.96. The number of halogens is 3. The number of alkyl halides is 3. The monoisotopic (exact) mass is 230 g/mol. The van der Waals surface area contributed by atoms with E-state index in [1.54, 1.807) is 0 Å². The third-order valence-electron chi connectivity index (χ3n) is 1.45. The molecule has 0 unspecified atom stereocenters. The fourth-order valence-electron chi connectivity index (χ4n) is 0.937. The van der Waals surface area contributed by atoms with Crippen molar-refractivity contribution in [1.29, 1.82) is 0 Å². The van der Waals surface area contributed by atoms with Crippen LogP contribution in [0.25, 0.3) is 0 Å². The van der Waals surface area contributed by atoms with Crippen molar-refractivity contribution < 1.29 is 27.8 Å². The van der Waals surface area contributed by atoms with Gasteiger partial charge in [-0.15, -0.1) is 13.2 Å². The number of hydrogen-bond donors (Lipinski definition) is 1. The Labute approximate surface area is 88.5 Å². The van der Waals surface area contributed by atoms with Gasteiger partial charge in [0.25, 0.3) is 0 Å². The molecule has 0 saturated carbocycles. The maximum Gasteiger partial charge on any atom is 0.573 e. The van der Waals surface area contributed by atoms with Crippen LogP contribution in [-0.2, 0) is 4.79 Å². The second kappa shape index (κ2) is 4.57. The Morgan fingerprint density at radius 2 is 2.06 bits per heavy atom. The minimum atomic E-state index is -4.85. The summed E-state index contributed by atoms with van der Waals surface area (Å²) < 4.78 is 39.5. The van der Waals surface area contributed by atoms with E-state index in [0.717, 1.165) is 18.2 Å². The van der Waals surface area contributed by atoms with Gasteiger partial charge in [0.2, 0.25) is 0 Å². The summed E-state index contributed by atoms with van der Waals surface area (Å²) >= 11 is 0. The second-order valence-corrected chi connectivity index (χ2v) is 2.62. The number of rotatable bonds is 1. The van der Waals surface area contributed by atoms with Crippen LogP contribution in [-0.4, -0.2) is 17.8 Å². The van der Waals surface area contributed by atoms with E-state index in [2.05, 4.69) is 10.7 Å². The molecule has 0 atom stereocenters. The van der Waals surface area contributed by atoms with E-state index >= 15 is 0 Å². The van der Waals surface area contributed by atoms with E-state index in [-0.39, 0.29) is 17.6 Å². The first kappa shape index (κ1) is 11.9. The van der Waals surface area contributed by atoms with Gasteiger partial charge in [0.05, 0.1) is 5.56 Å². The third-order valence-corrected chi connectivity index (χ3v) is 1.45. The lowest BCUT2D eigenvalue weighted by Crippen LogP contribution is -2.17. The van der Waals surface area contributed by atoms with Crippen LogP contribution in [0.1, 0.15) is 5.56 Å². The molecule has 1 N–H and O–H groups in total. The molecule has 3 nitrogen and oxygen atoms in total. The molecular formula is C10H5F3O3. The second-order valence-electron chi connectivity index (χ2n) is 2.62. The number of benzene rings is 1. The van der Waals surface area contributed by atoms with E-state index in [1.165, 1.54) is 0 Å². The van der Waals surface area contributed by atoms with Crippen molar-refractivity contribution in [2.75, 3.05) is 0 Å². The average molecular weight is 230 g/mol. The molecule has 0 saturated heterocycles. The van der Waals surface area contributed by atoms with Gasteiger partial charge in [0, 0.05) is 0 Å². The molecular weight excluding hydrogens is 225 g/mol. The van der Waals surface area contributed by atoms with E-state index in [1.807, 2.05) is 5.92 Å². The lowest BCUT2D eigenvalue weighted by atomic mass is 10.2. The minimum Gasteiger partial charge on any atom is -0.508 e. The van der Waals surface area contributed by atoms with Gasteiger partial charge in [-0.25, -0.2) is 0 Å². The Bertz CT molecular complexity index is 455. The maximum absolute atomic E-state index is 11.9. The molecule has 0 aliphatic carbocycles. The van der Waals surface area contributed by atoms with Gasteiger partial charge in [0.15, 0.2) is 6.29 Å².